The summed E-state index contributed by atoms with van der Waals surface area (Å²) >= 11 is 0. The van der Waals surface area contributed by atoms with Crippen LogP contribution in [0.2, 0.25) is 0 Å². The van der Waals surface area contributed by atoms with E-state index in [4.69, 9.17) is 9.84 Å². The third-order valence-corrected chi connectivity index (χ3v) is 4.77. The molecule has 1 fully saturated rings. The first-order chi connectivity index (χ1) is 11.5. The smallest absolute Gasteiger partial charge is 0.341 e. The van der Waals surface area contributed by atoms with Gasteiger partial charge in [-0.2, -0.15) is 0 Å². The highest BCUT2D eigenvalue weighted by Crippen LogP contribution is 2.32. The normalized spacial score (nSPS) is 15.9. The van der Waals surface area contributed by atoms with E-state index in [1.807, 2.05) is 6.92 Å². The average Bonchev–Trinajstić information content (AvgIpc) is 3.05. The van der Waals surface area contributed by atoms with Crippen LogP contribution in [-0.4, -0.2) is 23.6 Å². The summed E-state index contributed by atoms with van der Waals surface area (Å²) in [5, 5.41) is 11.7. The van der Waals surface area contributed by atoms with Crippen LogP contribution in [0.3, 0.4) is 0 Å². The Morgan fingerprint density at radius 1 is 1.33 bits per heavy atom. The van der Waals surface area contributed by atoms with E-state index in [0.717, 1.165) is 24.1 Å². The predicted octanol–water partition coefficient (Wildman–Crippen LogP) is 4.00. The molecule has 24 heavy (non-hydrogen) atoms. The number of amides is 1. The summed E-state index contributed by atoms with van der Waals surface area (Å²) in [6, 6.07) is 5.20. The molecule has 1 saturated carbocycles. The molecule has 2 N–H and O–H groups in total. The maximum atomic E-state index is 12.6. The second kappa shape index (κ2) is 8.71. The highest BCUT2D eigenvalue weighted by molar-refractivity contribution is 5.93. The van der Waals surface area contributed by atoms with Gasteiger partial charge in [0.1, 0.15) is 5.75 Å². The van der Waals surface area contributed by atoms with Gasteiger partial charge in [0.15, 0.2) is 6.61 Å². The van der Waals surface area contributed by atoms with Crippen molar-refractivity contribution in [3.8, 4) is 5.75 Å². The maximum Gasteiger partial charge on any atom is 0.341 e. The van der Waals surface area contributed by atoms with Crippen molar-refractivity contribution in [2.75, 3.05) is 11.9 Å². The number of ether oxygens (including phenoxy) is 1. The summed E-state index contributed by atoms with van der Waals surface area (Å²) in [6.07, 6.45) is 6.90. The second-order valence-corrected chi connectivity index (χ2v) is 6.64. The van der Waals surface area contributed by atoms with E-state index in [2.05, 4.69) is 12.2 Å². The molecule has 5 nitrogen and oxygen atoms in total. The van der Waals surface area contributed by atoms with Crippen molar-refractivity contribution in [1.82, 2.24) is 0 Å². The number of anilines is 1. The van der Waals surface area contributed by atoms with Crippen LogP contribution < -0.4 is 10.1 Å². The van der Waals surface area contributed by atoms with Crippen LogP contribution in [0.1, 0.15) is 51.0 Å². The van der Waals surface area contributed by atoms with E-state index >= 15 is 0 Å². The van der Waals surface area contributed by atoms with Gasteiger partial charge >= 0.3 is 5.97 Å². The van der Waals surface area contributed by atoms with Crippen LogP contribution >= 0.6 is 0 Å². The van der Waals surface area contributed by atoms with Gasteiger partial charge in [-0.25, -0.2) is 4.79 Å². The second-order valence-electron chi connectivity index (χ2n) is 6.64. The molecule has 0 heterocycles. The summed E-state index contributed by atoms with van der Waals surface area (Å²) in [6.45, 7) is 3.57. The van der Waals surface area contributed by atoms with Crippen molar-refractivity contribution in [3.63, 3.8) is 0 Å². The van der Waals surface area contributed by atoms with Crippen molar-refractivity contribution in [1.29, 1.82) is 0 Å². The fourth-order valence-corrected chi connectivity index (χ4v) is 3.35. The van der Waals surface area contributed by atoms with Crippen LogP contribution in [0.5, 0.6) is 5.75 Å². The van der Waals surface area contributed by atoms with Crippen LogP contribution in [0, 0.1) is 18.8 Å². The first kappa shape index (κ1) is 18.3. The van der Waals surface area contributed by atoms with Crippen molar-refractivity contribution >= 4 is 17.6 Å². The largest absolute Gasteiger partial charge is 0.482 e. The molecule has 132 valence electrons. The number of carboxylic acid groups (broad SMARTS) is 1. The van der Waals surface area contributed by atoms with E-state index < -0.39 is 5.97 Å². The fraction of sp³-hybridized carbons (Fsp3) is 0.579. The summed E-state index contributed by atoms with van der Waals surface area (Å²) in [4.78, 5) is 23.1. The molecule has 1 aromatic rings. The number of carbonyl (C=O) groups is 2. The van der Waals surface area contributed by atoms with Crippen LogP contribution in [0.15, 0.2) is 18.2 Å². The molecule has 1 aliphatic rings. The van der Waals surface area contributed by atoms with E-state index in [1.165, 1.54) is 25.7 Å². The molecular formula is C19H27NO4. The molecule has 2 rings (SSSR count). The summed E-state index contributed by atoms with van der Waals surface area (Å²) in [5.74, 6) is 0.296. The molecule has 0 bridgehead atoms. The zero-order valence-electron chi connectivity index (χ0n) is 14.5. The fourth-order valence-electron chi connectivity index (χ4n) is 3.35. The quantitative estimate of drug-likeness (QED) is 0.754. The van der Waals surface area contributed by atoms with Gasteiger partial charge in [0.25, 0.3) is 0 Å². The van der Waals surface area contributed by atoms with Gasteiger partial charge in [-0.15, -0.1) is 0 Å². The Bertz CT molecular complexity index is 579. The summed E-state index contributed by atoms with van der Waals surface area (Å²) < 4.78 is 5.15. The Kier molecular flexibility index (Phi) is 6.64. The lowest BCUT2D eigenvalue weighted by Crippen LogP contribution is -2.24. The first-order valence-corrected chi connectivity index (χ1v) is 8.75. The lowest BCUT2D eigenvalue weighted by molar-refractivity contribution is -0.139. The number of hydrogen-bond acceptors (Lipinski definition) is 3. The number of carboxylic acids is 1. The Morgan fingerprint density at radius 2 is 2.04 bits per heavy atom. The van der Waals surface area contributed by atoms with E-state index in [9.17, 15) is 9.59 Å². The van der Waals surface area contributed by atoms with Crippen LogP contribution in [0.25, 0.3) is 0 Å². The Balaban J connectivity index is 1.95. The highest BCUT2D eigenvalue weighted by atomic mass is 16.5. The minimum absolute atomic E-state index is 0.0513. The molecule has 1 aromatic carbocycles. The highest BCUT2D eigenvalue weighted by Gasteiger charge is 2.24. The van der Waals surface area contributed by atoms with Gasteiger partial charge in [0.05, 0.1) is 0 Å². The molecule has 1 unspecified atom stereocenters. The molecule has 0 saturated heterocycles. The lowest BCUT2D eigenvalue weighted by atomic mass is 9.90. The van der Waals surface area contributed by atoms with Gasteiger partial charge < -0.3 is 15.2 Å². The zero-order valence-corrected chi connectivity index (χ0v) is 14.5. The molecule has 0 aromatic heterocycles. The SMILES string of the molecule is CCC(CC1CCCC1)C(=O)Nc1ccc(OCC(=O)O)cc1C. The number of hydrogen-bond donors (Lipinski definition) is 2. The number of aliphatic carboxylic acids is 1. The Morgan fingerprint density at radius 3 is 2.62 bits per heavy atom. The molecule has 1 atom stereocenters. The van der Waals surface area contributed by atoms with Crippen LogP contribution in [0.4, 0.5) is 5.69 Å². The number of carbonyl (C=O) groups excluding carboxylic acids is 1. The Labute approximate surface area is 143 Å². The molecular weight excluding hydrogens is 306 g/mol. The molecule has 5 heteroatoms. The first-order valence-electron chi connectivity index (χ1n) is 8.75. The van der Waals surface area contributed by atoms with Gasteiger partial charge in [-0.3, -0.25) is 4.79 Å². The monoisotopic (exact) mass is 333 g/mol. The molecule has 1 aliphatic carbocycles. The van der Waals surface area contributed by atoms with Crippen molar-refractivity contribution in [2.24, 2.45) is 11.8 Å². The molecule has 0 aliphatic heterocycles. The summed E-state index contributed by atoms with van der Waals surface area (Å²) in [5.41, 5.74) is 1.62. The number of rotatable bonds is 8. The molecule has 0 spiro atoms. The number of nitrogens with one attached hydrogen (secondary N) is 1. The van der Waals surface area contributed by atoms with Gasteiger partial charge in [0.2, 0.25) is 5.91 Å². The average molecular weight is 333 g/mol. The minimum Gasteiger partial charge on any atom is -0.482 e. The van der Waals surface area contributed by atoms with E-state index in [-0.39, 0.29) is 18.4 Å². The van der Waals surface area contributed by atoms with Crippen molar-refractivity contribution < 1.29 is 19.4 Å². The number of aryl methyl sites for hydroxylation is 1. The number of benzene rings is 1. The summed E-state index contributed by atoms with van der Waals surface area (Å²) in [7, 11) is 0. The topological polar surface area (TPSA) is 75.6 Å². The third-order valence-electron chi connectivity index (χ3n) is 4.77. The maximum absolute atomic E-state index is 12.6. The van der Waals surface area contributed by atoms with Gasteiger partial charge in [0, 0.05) is 11.6 Å². The van der Waals surface area contributed by atoms with E-state index in [0.29, 0.717) is 11.7 Å². The van der Waals surface area contributed by atoms with Crippen LogP contribution in [-0.2, 0) is 9.59 Å². The lowest BCUT2D eigenvalue weighted by Gasteiger charge is -2.19. The zero-order chi connectivity index (χ0) is 17.5. The predicted molar refractivity (Wildman–Crippen MR) is 93.3 cm³/mol. The minimum atomic E-state index is -1.01. The molecule has 1 amide bonds. The van der Waals surface area contributed by atoms with Crippen molar-refractivity contribution in [3.05, 3.63) is 23.8 Å². The molecule has 0 radical (unpaired) electrons. The van der Waals surface area contributed by atoms with Gasteiger partial charge in [-0.05, 0) is 49.4 Å². The third kappa shape index (κ3) is 5.25. The Hall–Kier alpha value is -2.04. The van der Waals surface area contributed by atoms with E-state index in [1.54, 1.807) is 18.2 Å². The van der Waals surface area contributed by atoms with Gasteiger partial charge in [-0.1, -0.05) is 32.6 Å². The standard InChI is InChI=1S/C19H27NO4/c1-3-15(11-14-6-4-5-7-14)19(23)20-17-9-8-16(10-13(17)2)24-12-18(21)22/h8-10,14-15H,3-7,11-12H2,1-2H3,(H,20,23)(H,21,22). The van der Waals surface area contributed by atoms with Crippen molar-refractivity contribution in [2.45, 2.75) is 52.4 Å².